The second-order valence-electron chi connectivity index (χ2n) is 5.53. The molecule has 0 heterocycles. The van der Waals surface area contributed by atoms with E-state index in [1.54, 1.807) is 24.3 Å². The number of nitrogens with one attached hydrogen (secondary N) is 2. The summed E-state index contributed by atoms with van der Waals surface area (Å²) in [5.41, 5.74) is 2.35. The first kappa shape index (κ1) is 17.5. The molecule has 0 saturated carbocycles. The highest BCUT2D eigenvalue weighted by Crippen LogP contribution is 2.12. The first-order valence-corrected chi connectivity index (χ1v) is 7.90. The molecule has 0 aliphatic heterocycles. The normalized spacial score (nSPS) is 10.1. The van der Waals surface area contributed by atoms with Gasteiger partial charge in [-0.15, -0.1) is 0 Å². The Morgan fingerprint density at radius 1 is 1.08 bits per heavy atom. The van der Waals surface area contributed by atoms with Gasteiger partial charge in [-0.1, -0.05) is 29.8 Å². The average Bonchev–Trinajstić information content (AvgIpc) is 2.56. The Bertz CT molecular complexity index is 696. The van der Waals surface area contributed by atoms with E-state index in [9.17, 15) is 9.59 Å². The summed E-state index contributed by atoms with van der Waals surface area (Å²) >= 11 is 0. The molecule has 2 amide bonds. The number of hydrogen-bond acceptors (Lipinski definition) is 3. The minimum atomic E-state index is -0.300. The second kappa shape index (κ2) is 8.72. The molecule has 2 aromatic carbocycles. The van der Waals surface area contributed by atoms with Gasteiger partial charge in [0.2, 0.25) is 0 Å². The van der Waals surface area contributed by atoms with Gasteiger partial charge < -0.3 is 15.4 Å². The summed E-state index contributed by atoms with van der Waals surface area (Å²) in [6.45, 7) is 4.55. The van der Waals surface area contributed by atoms with Gasteiger partial charge in [0, 0.05) is 17.8 Å². The van der Waals surface area contributed by atoms with E-state index in [1.165, 1.54) is 12.5 Å². The number of ether oxygens (including phenoxy) is 1. The first-order chi connectivity index (χ1) is 11.5. The van der Waals surface area contributed by atoms with Gasteiger partial charge in [-0.25, -0.2) is 4.79 Å². The molecule has 24 heavy (non-hydrogen) atoms. The van der Waals surface area contributed by atoms with Gasteiger partial charge >= 0.3 is 6.03 Å². The highest BCUT2D eigenvalue weighted by molar-refractivity contribution is 5.96. The van der Waals surface area contributed by atoms with Crippen LogP contribution in [0, 0.1) is 6.92 Å². The van der Waals surface area contributed by atoms with Crippen molar-refractivity contribution in [1.29, 1.82) is 0 Å². The van der Waals surface area contributed by atoms with Crippen molar-refractivity contribution in [3.63, 3.8) is 0 Å². The Kier molecular flexibility index (Phi) is 6.37. The predicted molar refractivity (Wildman–Crippen MR) is 94.8 cm³/mol. The first-order valence-electron chi connectivity index (χ1n) is 7.90. The summed E-state index contributed by atoms with van der Waals surface area (Å²) in [5, 5.41) is 5.47. The van der Waals surface area contributed by atoms with Crippen molar-refractivity contribution in [3.8, 4) is 5.75 Å². The highest BCUT2D eigenvalue weighted by atomic mass is 16.5. The number of hydrogen-bond donors (Lipinski definition) is 2. The molecule has 0 radical (unpaired) electrons. The van der Waals surface area contributed by atoms with Crippen molar-refractivity contribution in [2.75, 3.05) is 18.5 Å². The van der Waals surface area contributed by atoms with Gasteiger partial charge in [0.05, 0.1) is 6.61 Å². The van der Waals surface area contributed by atoms with Gasteiger partial charge in [-0.05, 0) is 44.5 Å². The zero-order chi connectivity index (χ0) is 17.4. The third-order valence-corrected chi connectivity index (χ3v) is 3.42. The number of carbonyl (C=O) groups is 2. The Balaban J connectivity index is 1.67. The van der Waals surface area contributed by atoms with Crippen LogP contribution in [0.4, 0.5) is 10.5 Å². The second-order valence-corrected chi connectivity index (χ2v) is 5.53. The quantitative estimate of drug-likeness (QED) is 0.601. The average molecular weight is 326 g/mol. The van der Waals surface area contributed by atoms with Crippen LogP contribution in [0.25, 0.3) is 0 Å². The summed E-state index contributed by atoms with van der Waals surface area (Å²) in [7, 11) is 0. The van der Waals surface area contributed by atoms with Gasteiger partial charge in [-0.2, -0.15) is 0 Å². The van der Waals surface area contributed by atoms with Crippen molar-refractivity contribution >= 4 is 17.5 Å². The summed E-state index contributed by atoms with van der Waals surface area (Å²) < 4.78 is 5.59. The summed E-state index contributed by atoms with van der Waals surface area (Å²) in [6.07, 6.45) is 0.703. The Hall–Kier alpha value is -2.82. The standard InChI is InChI=1S/C19H22N2O3/c1-14-7-9-18(10-8-14)24-12-4-11-20-19(23)21-17-6-3-5-16(13-17)15(2)22/h3,5-10,13H,4,11-12H2,1-2H3,(H2,20,21,23). The van der Waals surface area contributed by atoms with Crippen LogP contribution in [0.2, 0.25) is 0 Å². The molecule has 5 heteroatoms. The fraction of sp³-hybridized carbons (Fsp3) is 0.263. The SMILES string of the molecule is CC(=O)c1cccc(NC(=O)NCCCOc2ccc(C)cc2)c1. The maximum Gasteiger partial charge on any atom is 0.319 e. The molecule has 0 bridgehead atoms. The van der Waals surface area contributed by atoms with Crippen molar-refractivity contribution in [2.24, 2.45) is 0 Å². The number of anilines is 1. The van der Waals surface area contributed by atoms with Gasteiger partial charge in [0.1, 0.15) is 5.75 Å². The third-order valence-electron chi connectivity index (χ3n) is 3.42. The number of urea groups is 1. The lowest BCUT2D eigenvalue weighted by molar-refractivity contribution is 0.101. The van der Waals surface area contributed by atoms with E-state index in [1.807, 2.05) is 31.2 Å². The van der Waals surface area contributed by atoms with E-state index >= 15 is 0 Å². The highest BCUT2D eigenvalue weighted by Gasteiger charge is 2.04. The van der Waals surface area contributed by atoms with Crippen LogP contribution in [-0.4, -0.2) is 25.0 Å². The molecule has 0 saturated heterocycles. The zero-order valence-electron chi connectivity index (χ0n) is 14.0. The largest absolute Gasteiger partial charge is 0.494 e. The lowest BCUT2D eigenvalue weighted by Gasteiger charge is -2.09. The number of aryl methyl sites for hydroxylation is 1. The fourth-order valence-corrected chi connectivity index (χ4v) is 2.09. The molecule has 0 spiro atoms. The van der Waals surface area contributed by atoms with Crippen molar-refractivity contribution in [2.45, 2.75) is 20.3 Å². The monoisotopic (exact) mass is 326 g/mol. The zero-order valence-corrected chi connectivity index (χ0v) is 14.0. The number of rotatable bonds is 7. The van der Waals surface area contributed by atoms with E-state index < -0.39 is 0 Å². The molecule has 0 unspecified atom stereocenters. The van der Waals surface area contributed by atoms with E-state index in [4.69, 9.17) is 4.74 Å². The summed E-state index contributed by atoms with van der Waals surface area (Å²) in [4.78, 5) is 23.1. The summed E-state index contributed by atoms with van der Waals surface area (Å²) in [6, 6.07) is 14.4. The lowest BCUT2D eigenvalue weighted by atomic mass is 10.1. The van der Waals surface area contributed by atoms with Gasteiger partial charge in [0.15, 0.2) is 5.78 Å². The molecule has 0 aromatic heterocycles. The van der Waals surface area contributed by atoms with Crippen molar-refractivity contribution in [3.05, 3.63) is 59.7 Å². The minimum absolute atomic E-state index is 0.0349. The Labute approximate surface area is 142 Å². The maximum atomic E-state index is 11.8. The van der Waals surface area contributed by atoms with Crippen LogP contribution in [0.15, 0.2) is 48.5 Å². The van der Waals surface area contributed by atoms with E-state index in [0.717, 1.165) is 5.75 Å². The minimum Gasteiger partial charge on any atom is -0.494 e. The molecule has 2 N–H and O–H groups in total. The number of ketones is 1. The van der Waals surface area contributed by atoms with Crippen LogP contribution < -0.4 is 15.4 Å². The smallest absolute Gasteiger partial charge is 0.319 e. The molecular formula is C19H22N2O3. The maximum absolute atomic E-state index is 11.8. The van der Waals surface area contributed by atoms with E-state index in [-0.39, 0.29) is 11.8 Å². The Morgan fingerprint density at radius 3 is 2.54 bits per heavy atom. The van der Waals surface area contributed by atoms with Crippen LogP contribution >= 0.6 is 0 Å². The Morgan fingerprint density at radius 2 is 1.83 bits per heavy atom. The fourth-order valence-electron chi connectivity index (χ4n) is 2.09. The molecule has 126 valence electrons. The third kappa shape index (κ3) is 5.76. The predicted octanol–water partition coefficient (Wildman–Crippen LogP) is 3.79. The molecule has 2 aromatic rings. The van der Waals surface area contributed by atoms with E-state index in [0.29, 0.717) is 30.8 Å². The summed E-state index contributed by atoms with van der Waals surface area (Å²) in [5.74, 6) is 0.790. The molecule has 0 fully saturated rings. The van der Waals surface area contributed by atoms with Crippen LogP contribution in [0.5, 0.6) is 5.75 Å². The van der Waals surface area contributed by atoms with Crippen LogP contribution in [-0.2, 0) is 0 Å². The van der Waals surface area contributed by atoms with Gasteiger partial charge in [0.25, 0.3) is 0 Å². The number of benzene rings is 2. The topological polar surface area (TPSA) is 67.4 Å². The number of carbonyl (C=O) groups excluding carboxylic acids is 2. The van der Waals surface area contributed by atoms with Crippen molar-refractivity contribution < 1.29 is 14.3 Å². The van der Waals surface area contributed by atoms with Gasteiger partial charge in [-0.3, -0.25) is 4.79 Å². The molecule has 5 nitrogen and oxygen atoms in total. The molecular weight excluding hydrogens is 304 g/mol. The van der Waals surface area contributed by atoms with E-state index in [2.05, 4.69) is 10.6 Å². The molecule has 0 aliphatic rings. The molecule has 0 atom stereocenters. The molecule has 2 rings (SSSR count). The number of amides is 2. The molecule has 0 aliphatic carbocycles. The van der Waals surface area contributed by atoms with Crippen molar-refractivity contribution in [1.82, 2.24) is 5.32 Å². The van der Waals surface area contributed by atoms with Crippen LogP contribution in [0.1, 0.15) is 29.3 Å². The lowest BCUT2D eigenvalue weighted by Crippen LogP contribution is -2.30. The van der Waals surface area contributed by atoms with Crippen LogP contribution in [0.3, 0.4) is 0 Å². The number of Topliss-reactive ketones (excluding diaryl/α,β-unsaturated/α-hetero) is 1.